The summed E-state index contributed by atoms with van der Waals surface area (Å²) in [5, 5.41) is 11.9. The summed E-state index contributed by atoms with van der Waals surface area (Å²) < 4.78 is 36.9. The summed E-state index contributed by atoms with van der Waals surface area (Å²) in [6.45, 7) is 3.64. The maximum absolute atomic E-state index is 14.9. The third-order valence-electron chi connectivity index (χ3n) is 4.84. The molecule has 31 heavy (non-hydrogen) atoms. The normalized spacial score (nSPS) is 12.3. The number of ether oxygens (including phenoxy) is 1. The average molecular weight is 434 g/mol. The van der Waals surface area contributed by atoms with Crippen molar-refractivity contribution in [1.29, 1.82) is 0 Å². The zero-order valence-corrected chi connectivity index (χ0v) is 17.5. The molecule has 0 aliphatic rings. The maximum Gasteiger partial charge on any atom is 0.290 e. The Bertz CT molecular complexity index is 1220. The van der Waals surface area contributed by atoms with Crippen LogP contribution in [0.15, 0.2) is 34.1 Å². The molecule has 1 aromatic carbocycles. The highest BCUT2D eigenvalue weighted by molar-refractivity contribution is 5.90. The number of rotatable bonds is 8. The average Bonchev–Trinajstić information content (AvgIpc) is 2.75. The van der Waals surface area contributed by atoms with Crippen LogP contribution in [-0.2, 0) is 18.3 Å². The molecule has 0 aliphatic heterocycles. The van der Waals surface area contributed by atoms with E-state index in [9.17, 15) is 23.5 Å². The number of aliphatic hydroxyl groups excluding tert-OH is 1. The number of hydrogen-bond donors (Lipinski definition) is 2. The molecule has 0 aliphatic carbocycles. The molecule has 0 radical (unpaired) electrons. The maximum atomic E-state index is 14.9. The van der Waals surface area contributed by atoms with Crippen LogP contribution in [0.4, 0.5) is 20.2 Å². The molecule has 0 unspecified atom stereocenters. The van der Waals surface area contributed by atoms with Gasteiger partial charge in [0.15, 0.2) is 5.65 Å². The van der Waals surface area contributed by atoms with Gasteiger partial charge in [0, 0.05) is 13.7 Å². The van der Waals surface area contributed by atoms with E-state index in [0.29, 0.717) is 12.2 Å². The SMILES string of the molecule is CCCO[C@@H](CO)Cn1cnc2c(c(Nc3ccc(C)cc3F)c(F)c(=O)n2C)c1=O. The van der Waals surface area contributed by atoms with Gasteiger partial charge in [-0.1, -0.05) is 13.0 Å². The second-order valence-corrected chi connectivity index (χ2v) is 7.24. The van der Waals surface area contributed by atoms with Gasteiger partial charge in [-0.15, -0.1) is 0 Å². The Kier molecular flexibility index (Phi) is 6.81. The first-order valence-corrected chi connectivity index (χ1v) is 9.81. The van der Waals surface area contributed by atoms with E-state index in [1.807, 2.05) is 6.92 Å². The van der Waals surface area contributed by atoms with Gasteiger partial charge in [0.05, 0.1) is 30.6 Å². The molecular formula is C21H24F2N4O4. The number of benzene rings is 1. The third-order valence-corrected chi connectivity index (χ3v) is 4.84. The van der Waals surface area contributed by atoms with Crippen molar-refractivity contribution in [2.45, 2.75) is 32.9 Å². The van der Waals surface area contributed by atoms with E-state index in [-0.39, 0.29) is 29.9 Å². The monoisotopic (exact) mass is 434 g/mol. The number of fused-ring (bicyclic) bond motifs is 1. The number of anilines is 2. The Hall–Kier alpha value is -3.11. The van der Waals surface area contributed by atoms with Crippen LogP contribution >= 0.6 is 0 Å². The van der Waals surface area contributed by atoms with Crippen molar-refractivity contribution in [1.82, 2.24) is 14.1 Å². The van der Waals surface area contributed by atoms with Crippen LogP contribution in [0, 0.1) is 18.6 Å². The van der Waals surface area contributed by atoms with Gasteiger partial charge >= 0.3 is 0 Å². The van der Waals surface area contributed by atoms with Crippen LogP contribution in [0.2, 0.25) is 0 Å². The number of nitrogens with one attached hydrogen (secondary N) is 1. The lowest BCUT2D eigenvalue weighted by Gasteiger charge is -2.18. The summed E-state index contributed by atoms with van der Waals surface area (Å²) in [7, 11) is 1.29. The van der Waals surface area contributed by atoms with Crippen LogP contribution in [0.1, 0.15) is 18.9 Å². The topological polar surface area (TPSA) is 98.4 Å². The number of aryl methyl sites for hydroxylation is 2. The predicted molar refractivity (Wildman–Crippen MR) is 113 cm³/mol. The van der Waals surface area contributed by atoms with Gasteiger partial charge in [-0.25, -0.2) is 9.37 Å². The third kappa shape index (κ3) is 4.49. The lowest BCUT2D eigenvalue weighted by Crippen LogP contribution is -2.33. The zero-order chi connectivity index (χ0) is 22.7. The van der Waals surface area contributed by atoms with Crippen molar-refractivity contribution in [3.8, 4) is 0 Å². The summed E-state index contributed by atoms with van der Waals surface area (Å²) in [4.78, 5) is 29.7. The molecule has 2 heterocycles. The van der Waals surface area contributed by atoms with Crippen molar-refractivity contribution in [3.05, 3.63) is 62.4 Å². The summed E-state index contributed by atoms with van der Waals surface area (Å²) >= 11 is 0. The second-order valence-electron chi connectivity index (χ2n) is 7.24. The van der Waals surface area contributed by atoms with Crippen LogP contribution in [0.5, 0.6) is 0 Å². The molecular weight excluding hydrogens is 410 g/mol. The zero-order valence-electron chi connectivity index (χ0n) is 17.5. The molecule has 0 spiro atoms. The Labute approximate surface area is 176 Å². The summed E-state index contributed by atoms with van der Waals surface area (Å²) in [6, 6.07) is 4.25. The number of halogens is 2. The van der Waals surface area contributed by atoms with E-state index in [4.69, 9.17) is 4.74 Å². The minimum absolute atomic E-state index is 0.0267. The van der Waals surface area contributed by atoms with E-state index in [1.165, 1.54) is 30.1 Å². The Morgan fingerprint density at radius 3 is 2.65 bits per heavy atom. The highest BCUT2D eigenvalue weighted by atomic mass is 19.1. The molecule has 0 saturated carbocycles. The molecule has 1 atom stereocenters. The van der Waals surface area contributed by atoms with Gasteiger partial charge in [-0.3, -0.25) is 18.7 Å². The molecule has 8 nitrogen and oxygen atoms in total. The lowest BCUT2D eigenvalue weighted by molar-refractivity contribution is 0.00273. The van der Waals surface area contributed by atoms with E-state index >= 15 is 0 Å². The fourth-order valence-corrected chi connectivity index (χ4v) is 3.18. The number of nitrogens with zero attached hydrogens (tertiary/aromatic N) is 3. The Morgan fingerprint density at radius 2 is 2.00 bits per heavy atom. The van der Waals surface area contributed by atoms with Crippen LogP contribution in [-0.4, -0.2) is 38.5 Å². The number of pyridine rings is 1. The van der Waals surface area contributed by atoms with Gasteiger partial charge < -0.3 is 15.2 Å². The lowest BCUT2D eigenvalue weighted by atomic mass is 10.2. The largest absolute Gasteiger partial charge is 0.394 e. The second kappa shape index (κ2) is 9.36. The number of aliphatic hydroxyl groups is 1. The summed E-state index contributed by atoms with van der Waals surface area (Å²) in [5.74, 6) is -1.89. The smallest absolute Gasteiger partial charge is 0.290 e. The van der Waals surface area contributed by atoms with Crippen LogP contribution in [0.3, 0.4) is 0 Å². The molecule has 0 fully saturated rings. The summed E-state index contributed by atoms with van der Waals surface area (Å²) in [6.07, 6.45) is 1.27. The molecule has 2 N–H and O–H groups in total. The highest BCUT2D eigenvalue weighted by Crippen LogP contribution is 2.26. The van der Waals surface area contributed by atoms with Gasteiger partial charge in [0.1, 0.15) is 17.5 Å². The van der Waals surface area contributed by atoms with Gasteiger partial charge in [0.2, 0.25) is 5.82 Å². The first kappa shape index (κ1) is 22.6. The van der Waals surface area contributed by atoms with Crippen LogP contribution in [0.25, 0.3) is 11.0 Å². The van der Waals surface area contributed by atoms with Crippen molar-refractivity contribution in [2.75, 3.05) is 18.5 Å². The van der Waals surface area contributed by atoms with Crippen molar-refractivity contribution in [3.63, 3.8) is 0 Å². The standard InChI is InChI=1S/C21H24F2N4O4/c1-4-7-31-13(10-28)9-27-11-24-19-16(20(27)29)18(17(23)21(30)26(19)3)25-15-6-5-12(2)8-14(15)22/h5-6,8,11,13,25,28H,4,7,9-10H2,1-3H3/t13-/m1/s1. The fourth-order valence-electron chi connectivity index (χ4n) is 3.18. The molecule has 166 valence electrons. The van der Waals surface area contributed by atoms with E-state index < -0.39 is 34.5 Å². The highest BCUT2D eigenvalue weighted by Gasteiger charge is 2.22. The molecule has 0 bridgehead atoms. The van der Waals surface area contributed by atoms with E-state index in [1.54, 1.807) is 13.0 Å². The molecule has 2 aromatic heterocycles. The van der Waals surface area contributed by atoms with Crippen molar-refractivity contribution < 1.29 is 18.6 Å². The van der Waals surface area contributed by atoms with Crippen molar-refractivity contribution in [2.24, 2.45) is 7.05 Å². The number of aromatic nitrogens is 3. The Morgan fingerprint density at radius 1 is 1.26 bits per heavy atom. The molecule has 0 saturated heterocycles. The van der Waals surface area contributed by atoms with Gasteiger partial charge in [-0.2, -0.15) is 4.39 Å². The minimum atomic E-state index is -1.23. The van der Waals surface area contributed by atoms with Gasteiger partial charge in [-0.05, 0) is 31.0 Å². The molecule has 3 aromatic rings. The number of hydrogen-bond acceptors (Lipinski definition) is 6. The quantitative estimate of drug-likeness (QED) is 0.564. The van der Waals surface area contributed by atoms with Crippen molar-refractivity contribution >= 4 is 22.4 Å². The summed E-state index contributed by atoms with van der Waals surface area (Å²) in [5.41, 5.74) is -1.61. The molecule has 10 heteroatoms. The fraction of sp³-hybridized carbons (Fsp3) is 0.381. The van der Waals surface area contributed by atoms with E-state index in [0.717, 1.165) is 11.0 Å². The first-order chi connectivity index (χ1) is 14.8. The van der Waals surface area contributed by atoms with Crippen LogP contribution < -0.4 is 16.4 Å². The molecule has 0 amide bonds. The van der Waals surface area contributed by atoms with Gasteiger partial charge in [0.25, 0.3) is 11.1 Å². The first-order valence-electron chi connectivity index (χ1n) is 9.81. The van der Waals surface area contributed by atoms with E-state index in [2.05, 4.69) is 10.3 Å². The Balaban J connectivity index is 2.18. The minimum Gasteiger partial charge on any atom is -0.394 e. The molecule has 3 rings (SSSR count). The predicted octanol–water partition coefficient (Wildman–Crippen LogP) is 2.21.